The number of carbonyl (C=O) groups excluding carboxylic acids is 2. The number of hydrogen-bond acceptors (Lipinski definition) is 5. The van der Waals surface area contributed by atoms with Crippen molar-refractivity contribution in [2.75, 3.05) is 17.7 Å². The van der Waals surface area contributed by atoms with Crippen LogP contribution in [0, 0.1) is 6.92 Å². The molecule has 1 aliphatic rings. The number of aromatic nitrogens is 3. The quantitative estimate of drug-likeness (QED) is 0.881. The predicted octanol–water partition coefficient (Wildman–Crippen LogP) is 1.12. The third-order valence-electron chi connectivity index (χ3n) is 3.41. The third-order valence-corrected chi connectivity index (χ3v) is 3.41. The maximum atomic E-state index is 12.2. The molecule has 1 atom stereocenters. The lowest BCUT2D eigenvalue weighted by molar-refractivity contribution is -0.123. The van der Waals surface area contributed by atoms with Crippen molar-refractivity contribution < 1.29 is 14.3 Å². The van der Waals surface area contributed by atoms with Crippen LogP contribution in [-0.4, -0.2) is 33.7 Å². The number of ether oxygens (including phenoxy) is 1. The van der Waals surface area contributed by atoms with Crippen molar-refractivity contribution in [1.29, 1.82) is 0 Å². The summed E-state index contributed by atoms with van der Waals surface area (Å²) in [6.45, 7) is 1.92. The maximum absolute atomic E-state index is 12.2. The molecule has 8 nitrogen and oxygen atoms in total. The van der Waals surface area contributed by atoms with Gasteiger partial charge in [0.1, 0.15) is 18.1 Å². The van der Waals surface area contributed by atoms with E-state index in [9.17, 15) is 9.59 Å². The summed E-state index contributed by atoms with van der Waals surface area (Å²) in [5.41, 5.74) is 1.57. The Hall–Kier alpha value is -2.90. The molecule has 8 heteroatoms. The summed E-state index contributed by atoms with van der Waals surface area (Å²) in [5, 5.41) is 9.30. The zero-order valence-corrected chi connectivity index (χ0v) is 12.2. The van der Waals surface area contributed by atoms with E-state index >= 15 is 0 Å². The molecule has 1 aliphatic heterocycles. The lowest BCUT2D eigenvalue weighted by atomic mass is 10.1. The van der Waals surface area contributed by atoms with Gasteiger partial charge in [-0.25, -0.2) is 4.68 Å². The summed E-state index contributed by atoms with van der Waals surface area (Å²) < 4.78 is 6.63. The van der Waals surface area contributed by atoms with Gasteiger partial charge < -0.3 is 10.1 Å². The van der Waals surface area contributed by atoms with Gasteiger partial charge in [-0.1, -0.05) is 6.07 Å². The second-order valence-corrected chi connectivity index (χ2v) is 4.99. The molecule has 1 aromatic heterocycles. The van der Waals surface area contributed by atoms with Crippen molar-refractivity contribution in [2.45, 2.75) is 19.4 Å². The van der Waals surface area contributed by atoms with E-state index in [-0.39, 0.29) is 18.2 Å². The molecule has 1 aromatic carbocycles. The van der Waals surface area contributed by atoms with E-state index in [1.165, 1.54) is 18.1 Å². The number of nitrogens with one attached hydrogen (secondary N) is 2. The molecule has 0 spiro atoms. The van der Waals surface area contributed by atoms with Crippen molar-refractivity contribution >= 4 is 23.5 Å². The number of benzene rings is 1. The molecule has 0 bridgehead atoms. The van der Waals surface area contributed by atoms with Crippen LogP contribution >= 0.6 is 0 Å². The van der Waals surface area contributed by atoms with Crippen LogP contribution in [0.25, 0.3) is 0 Å². The van der Waals surface area contributed by atoms with Gasteiger partial charge in [0.15, 0.2) is 0 Å². The van der Waals surface area contributed by atoms with Crippen molar-refractivity contribution in [3.63, 3.8) is 0 Å². The first-order chi connectivity index (χ1) is 10.6. The molecule has 22 heavy (non-hydrogen) atoms. The average Bonchev–Trinajstić information content (AvgIpc) is 3.02. The Labute approximate surface area is 126 Å². The smallest absolute Gasteiger partial charge is 0.252 e. The molecule has 2 aromatic rings. The lowest BCUT2D eigenvalue weighted by Gasteiger charge is -2.12. The number of aryl methyl sites for hydroxylation is 1. The highest BCUT2D eigenvalue weighted by molar-refractivity contribution is 6.01. The number of nitrogens with zero attached hydrogens (tertiary/aromatic N) is 3. The molecule has 0 aliphatic carbocycles. The van der Waals surface area contributed by atoms with Crippen molar-refractivity contribution in [3.05, 3.63) is 30.1 Å². The van der Waals surface area contributed by atoms with Crippen LogP contribution in [0.1, 0.15) is 18.0 Å². The van der Waals surface area contributed by atoms with E-state index in [0.717, 1.165) is 5.56 Å². The number of fused-ring (bicyclic) bond motifs is 1. The number of hydrogen-bond donors (Lipinski definition) is 2. The van der Waals surface area contributed by atoms with Crippen LogP contribution in [0.5, 0.6) is 5.75 Å². The summed E-state index contributed by atoms with van der Waals surface area (Å²) in [5.74, 6) is 0.335. The molecule has 114 valence electrons. The summed E-state index contributed by atoms with van der Waals surface area (Å²) in [6.07, 6.45) is 1.31. The molecule has 2 N–H and O–H groups in total. The van der Waals surface area contributed by atoms with E-state index < -0.39 is 6.04 Å². The average molecular weight is 301 g/mol. The minimum absolute atomic E-state index is 0.0285. The Morgan fingerprint density at radius 2 is 2.32 bits per heavy atom. The van der Waals surface area contributed by atoms with Crippen LogP contribution in [0.15, 0.2) is 24.5 Å². The van der Waals surface area contributed by atoms with Gasteiger partial charge in [0.05, 0.1) is 19.2 Å². The Balaban J connectivity index is 1.74. The van der Waals surface area contributed by atoms with E-state index in [0.29, 0.717) is 17.4 Å². The normalized spacial score (nSPS) is 16.1. The summed E-state index contributed by atoms with van der Waals surface area (Å²) in [6, 6.07) is 4.80. The molecule has 0 saturated heterocycles. The molecule has 2 amide bonds. The highest BCUT2D eigenvalue weighted by Crippen LogP contribution is 2.27. The molecule has 0 saturated carbocycles. The van der Waals surface area contributed by atoms with Crippen molar-refractivity contribution in [2.24, 2.45) is 0 Å². The predicted molar refractivity (Wildman–Crippen MR) is 78.7 cm³/mol. The molecule has 0 unspecified atom stereocenters. The fourth-order valence-electron chi connectivity index (χ4n) is 2.35. The van der Waals surface area contributed by atoms with Crippen LogP contribution in [-0.2, 0) is 9.59 Å². The first-order valence-corrected chi connectivity index (χ1v) is 6.73. The highest BCUT2D eigenvalue weighted by Gasteiger charge is 2.33. The van der Waals surface area contributed by atoms with Crippen LogP contribution < -0.4 is 15.4 Å². The second kappa shape index (κ2) is 5.47. The first kappa shape index (κ1) is 14.1. The standard InChI is InChI=1S/C14H15N5O3/c1-8-3-4-11(22-2)9(5-8)17-12(20)6-10-13(21)18-14-15-7-16-19(10)14/h3-5,7,10H,6H2,1-2H3,(H,17,20)(H,15,16,18,21)/t10-/m0/s1. The largest absolute Gasteiger partial charge is 0.495 e. The molecule has 0 radical (unpaired) electrons. The van der Waals surface area contributed by atoms with Gasteiger partial charge in [-0.05, 0) is 24.6 Å². The van der Waals surface area contributed by atoms with Crippen LogP contribution in [0.3, 0.4) is 0 Å². The Morgan fingerprint density at radius 3 is 3.09 bits per heavy atom. The van der Waals surface area contributed by atoms with Gasteiger partial charge in [-0.3, -0.25) is 14.9 Å². The zero-order chi connectivity index (χ0) is 15.7. The topological polar surface area (TPSA) is 98.1 Å². The number of rotatable bonds is 4. The zero-order valence-electron chi connectivity index (χ0n) is 12.2. The van der Waals surface area contributed by atoms with Gasteiger partial charge in [0.25, 0.3) is 5.91 Å². The minimum atomic E-state index is -0.687. The van der Waals surface area contributed by atoms with Crippen LogP contribution in [0.4, 0.5) is 11.6 Å². The van der Waals surface area contributed by atoms with E-state index in [2.05, 4.69) is 20.7 Å². The van der Waals surface area contributed by atoms with E-state index in [4.69, 9.17) is 4.74 Å². The Bertz CT molecular complexity index is 740. The monoisotopic (exact) mass is 301 g/mol. The maximum Gasteiger partial charge on any atom is 0.252 e. The summed E-state index contributed by atoms with van der Waals surface area (Å²) in [7, 11) is 1.53. The fourth-order valence-corrected chi connectivity index (χ4v) is 2.35. The SMILES string of the molecule is COc1ccc(C)cc1NC(=O)C[C@H]1C(=O)Nc2ncnn21. The molecular formula is C14H15N5O3. The Kier molecular flexibility index (Phi) is 3.50. The summed E-state index contributed by atoms with van der Waals surface area (Å²) >= 11 is 0. The molecule has 0 fully saturated rings. The van der Waals surface area contributed by atoms with Gasteiger partial charge in [-0.15, -0.1) is 0 Å². The van der Waals surface area contributed by atoms with E-state index in [1.54, 1.807) is 6.07 Å². The second-order valence-electron chi connectivity index (χ2n) is 4.99. The van der Waals surface area contributed by atoms with Gasteiger partial charge in [-0.2, -0.15) is 10.1 Å². The van der Waals surface area contributed by atoms with Gasteiger partial charge in [0.2, 0.25) is 11.9 Å². The number of amides is 2. The molecule has 3 rings (SSSR count). The number of carbonyl (C=O) groups is 2. The fraction of sp³-hybridized carbons (Fsp3) is 0.286. The van der Waals surface area contributed by atoms with Crippen molar-refractivity contribution in [3.8, 4) is 5.75 Å². The summed E-state index contributed by atoms with van der Waals surface area (Å²) in [4.78, 5) is 28.0. The molecular weight excluding hydrogens is 286 g/mol. The first-order valence-electron chi connectivity index (χ1n) is 6.73. The van der Waals surface area contributed by atoms with Crippen molar-refractivity contribution in [1.82, 2.24) is 14.8 Å². The lowest BCUT2D eigenvalue weighted by Crippen LogP contribution is -2.23. The van der Waals surface area contributed by atoms with Gasteiger partial charge in [0, 0.05) is 0 Å². The third kappa shape index (κ3) is 2.50. The highest BCUT2D eigenvalue weighted by atomic mass is 16.5. The van der Waals surface area contributed by atoms with E-state index in [1.807, 2.05) is 19.1 Å². The Morgan fingerprint density at radius 1 is 1.50 bits per heavy atom. The van der Waals surface area contributed by atoms with Crippen LogP contribution in [0.2, 0.25) is 0 Å². The van der Waals surface area contributed by atoms with Gasteiger partial charge >= 0.3 is 0 Å². The number of methoxy groups -OCH3 is 1. The molecule has 2 heterocycles. The number of anilines is 2. The minimum Gasteiger partial charge on any atom is -0.495 e.